The van der Waals surface area contributed by atoms with Crippen LogP contribution in [-0.4, -0.2) is 14.3 Å². The fourth-order valence-electron chi connectivity index (χ4n) is 2.25. The lowest BCUT2D eigenvalue weighted by molar-refractivity contribution is -0.124. The molecule has 0 unspecified atom stereocenters. The summed E-state index contributed by atoms with van der Waals surface area (Å²) in [6.07, 6.45) is 4.68. The first kappa shape index (κ1) is 14.5. The van der Waals surface area contributed by atoms with Gasteiger partial charge >= 0.3 is 0 Å². The molecule has 0 heterocycles. The Kier molecular flexibility index (Phi) is 4.62. The molecule has 0 atom stereocenters. The molecule has 1 fully saturated rings. The van der Waals surface area contributed by atoms with Gasteiger partial charge < -0.3 is 0 Å². The predicted octanol–water partition coefficient (Wildman–Crippen LogP) is 2.83. The van der Waals surface area contributed by atoms with Gasteiger partial charge in [0.1, 0.15) is 0 Å². The minimum Gasteiger partial charge on any atom is -0.274 e. The van der Waals surface area contributed by atoms with Crippen molar-refractivity contribution in [2.45, 2.75) is 37.0 Å². The molecule has 6 heteroatoms. The first-order chi connectivity index (χ1) is 8.99. The third kappa shape index (κ3) is 3.79. The predicted molar refractivity (Wildman–Crippen MR) is 76.0 cm³/mol. The second kappa shape index (κ2) is 6.05. The van der Waals surface area contributed by atoms with E-state index in [9.17, 15) is 13.2 Å². The van der Waals surface area contributed by atoms with Crippen LogP contribution >= 0.6 is 15.9 Å². The van der Waals surface area contributed by atoms with E-state index in [1.807, 2.05) is 0 Å². The summed E-state index contributed by atoms with van der Waals surface area (Å²) in [5, 5.41) is 0. The van der Waals surface area contributed by atoms with Crippen molar-refractivity contribution in [3.8, 4) is 0 Å². The Morgan fingerprint density at radius 1 is 1.11 bits per heavy atom. The maximum absolute atomic E-state index is 12.0. The number of halogens is 1. The molecule has 1 aromatic carbocycles. The summed E-state index contributed by atoms with van der Waals surface area (Å²) in [6.45, 7) is 0. The molecular weight excluding hydrogens is 330 g/mol. The van der Waals surface area contributed by atoms with Crippen molar-refractivity contribution in [2.75, 3.05) is 0 Å². The van der Waals surface area contributed by atoms with Gasteiger partial charge in [-0.25, -0.2) is 13.1 Å². The second-order valence-electron chi connectivity index (χ2n) is 4.76. The van der Waals surface area contributed by atoms with Crippen LogP contribution in [0.1, 0.15) is 32.1 Å². The number of hydrogen-bond acceptors (Lipinski definition) is 3. The van der Waals surface area contributed by atoms with E-state index < -0.39 is 10.0 Å². The van der Waals surface area contributed by atoms with Gasteiger partial charge in [0, 0.05) is 10.4 Å². The lowest BCUT2D eigenvalue weighted by Gasteiger charge is -2.20. The zero-order chi connectivity index (χ0) is 13.9. The molecule has 0 saturated heterocycles. The van der Waals surface area contributed by atoms with E-state index in [0.717, 1.165) is 36.6 Å². The van der Waals surface area contributed by atoms with Crippen molar-refractivity contribution >= 4 is 31.9 Å². The molecule has 4 nitrogen and oxygen atoms in total. The third-order valence-corrected chi connectivity index (χ3v) is 5.23. The summed E-state index contributed by atoms with van der Waals surface area (Å²) in [6, 6.07) is 6.22. The van der Waals surface area contributed by atoms with Crippen LogP contribution in [0.25, 0.3) is 0 Å². The number of carbonyl (C=O) groups excluding carboxylic acids is 1. The van der Waals surface area contributed by atoms with Crippen LogP contribution in [0.2, 0.25) is 0 Å². The molecule has 0 spiro atoms. The van der Waals surface area contributed by atoms with Crippen LogP contribution < -0.4 is 4.72 Å². The molecular formula is C13H16BrNO3S. The van der Waals surface area contributed by atoms with Crippen molar-refractivity contribution in [3.05, 3.63) is 28.7 Å². The number of benzene rings is 1. The molecule has 104 valence electrons. The maximum atomic E-state index is 12.0. The van der Waals surface area contributed by atoms with E-state index in [-0.39, 0.29) is 16.7 Å². The molecule has 0 radical (unpaired) electrons. The number of amides is 1. The molecule has 1 amide bonds. The van der Waals surface area contributed by atoms with Gasteiger partial charge in [-0.15, -0.1) is 0 Å². The second-order valence-corrected chi connectivity index (χ2v) is 7.36. The summed E-state index contributed by atoms with van der Waals surface area (Å²) < 4.78 is 27.1. The topological polar surface area (TPSA) is 63.2 Å². The van der Waals surface area contributed by atoms with Crippen LogP contribution in [-0.2, 0) is 14.8 Å². The largest absolute Gasteiger partial charge is 0.274 e. The van der Waals surface area contributed by atoms with E-state index in [2.05, 4.69) is 20.7 Å². The Morgan fingerprint density at radius 2 is 1.68 bits per heavy atom. The van der Waals surface area contributed by atoms with Gasteiger partial charge in [0.15, 0.2) is 0 Å². The van der Waals surface area contributed by atoms with Gasteiger partial charge in [0.05, 0.1) is 4.90 Å². The van der Waals surface area contributed by atoms with Crippen LogP contribution in [0, 0.1) is 5.92 Å². The standard InChI is InChI=1S/C13H16BrNO3S/c14-11-6-8-12(9-7-11)19(17,18)15-13(16)10-4-2-1-3-5-10/h6-10H,1-5H2,(H,15,16). The highest BCUT2D eigenvalue weighted by molar-refractivity contribution is 9.10. The quantitative estimate of drug-likeness (QED) is 0.915. The summed E-state index contributed by atoms with van der Waals surface area (Å²) in [5.74, 6) is -0.540. The van der Waals surface area contributed by atoms with Crippen molar-refractivity contribution in [2.24, 2.45) is 5.92 Å². The zero-order valence-corrected chi connectivity index (χ0v) is 12.8. The van der Waals surface area contributed by atoms with Gasteiger partial charge in [-0.1, -0.05) is 35.2 Å². The van der Waals surface area contributed by atoms with Gasteiger partial charge in [0.25, 0.3) is 10.0 Å². The molecule has 1 aliphatic rings. The average molecular weight is 346 g/mol. The molecule has 1 N–H and O–H groups in total. The maximum Gasteiger partial charge on any atom is 0.264 e. The molecule has 2 rings (SSSR count). The normalized spacial score (nSPS) is 17.1. The lowest BCUT2D eigenvalue weighted by atomic mass is 9.89. The van der Waals surface area contributed by atoms with Gasteiger partial charge in [-0.2, -0.15) is 0 Å². The van der Waals surface area contributed by atoms with Gasteiger partial charge in [-0.3, -0.25) is 4.79 Å². The molecule has 0 aliphatic heterocycles. The van der Waals surface area contributed by atoms with E-state index in [1.165, 1.54) is 12.1 Å². The third-order valence-electron chi connectivity index (χ3n) is 3.33. The van der Waals surface area contributed by atoms with Crippen LogP contribution in [0.5, 0.6) is 0 Å². The SMILES string of the molecule is O=C(NS(=O)(=O)c1ccc(Br)cc1)C1CCCCC1. The number of hydrogen-bond donors (Lipinski definition) is 1. The van der Waals surface area contributed by atoms with Crippen LogP contribution in [0.15, 0.2) is 33.6 Å². The number of carbonyl (C=O) groups is 1. The highest BCUT2D eigenvalue weighted by Gasteiger charge is 2.25. The lowest BCUT2D eigenvalue weighted by Crippen LogP contribution is -2.36. The molecule has 19 heavy (non-hydrogen) atoms. The number of sulfonamides is 1. The first-order valence-corrected chi connectivity index (χ1v) is 8.59. The summed E-state index contributed by atoms with van der Waals surface area (Å²) in [4.78, 5) is 12.1. The zero-order valence-electron chi connectivity index (χ0n) is 10.4. The summed E-state index contributed by atoms with van der Waals surface area (Å²) >= 11 is 3.24. The highest BCUT2D eigenvalue weighted by atomic mass is 79.9. The molecule has 1 aromatic rings. The van der Waals surface area contributed by atoms with Gasteiger partial charge in [-0.05, 0) is 37.1 Å². The van der Waals surface area contributed by atoms with Crippen LogP contribution in [0.3, 0.4) is 0 Å². The van der Waals surface area contributed by atoms with Crippen LogP contribution in [0.4, 0.5) is 0 Å². The molecule has 1 aliphatic carbocycles. The van der Waals surface area contributed by atoms with Crippen molar-refractivity contribution < 1.29 is 13.2 Å². The van der Waals surface area contributed by atoms with Gasteiger partial charge in [0.2, 0.25) is 5.91 Å². The van der Waals surface area contributed by atoms with E-state index in [0.29, 0.717) is 0 Å². The number of nitrogens with one attached hydrogen (secondary N) is 1. The Hall–Kier alpha value is -0.880. The average Bonchev–Trinajstić information content (AvgIpc) is 2.40. The van der Waals surface area contributed by atoms with Crippen molar-refractivity contribution in [1.29, 1.82) is 0 Å². The Bertz CT molecular complexity index is 548. The van der Waals surface area contributed by atoms with E-state index in [4.69, 9.17) is 0 Å². The highest BCUT2D eigenvalue weighted by Crippen LogP contribution is 2.24. The minimum absolute atomic E-state index is 0.111. The van der Waals surface area contributed by atoms with Crippen molar-refractivity contribution in [3.63, 3.8) is 0 Å². The minimum atomic E-state index is -3.75. The molecule has 1 saturated carbocycles. The summed E-state index contributed by atoms with van der Waals surface area (Å²) in [7, 11) is -3.75. The smallest absolute Gasteiger partial charge is 0.264 e. The van der Waals surface area contributed by atoms with E-state index >= 15 is 0 Å². The Labute approximate surface area is 121 Å². The first-order valence-electron chi connectivity index (χ1n) is 6.31. The Balaban J connectivity index is 2.08. The monoisotopic (exact) mass is 345 g/mol. The number of rotatable bonds is 3. The molecule has 0 aromatic heterocycles. The van der Waals surface area contributed by atoms with E-state index in [1.54, 1.807) is 12.1 Å². The fraction of sp³-hybridized carbons (Fsp3) is 0.462. The fourth-order valence-corrected chi connectivity index (χ4v) is 3.56. The Morgan fingerprint density at radius 3 is 2.26 bits per heavy atom. The summed E-state index contributed by atoms with van der Waals surface area (Å²) in [5.41, 5.74) is 0. The molecule has 0 bridgehead atoms. The van der Waals surface area contributed by atoms with Crippen molar-refractivity contribution in [1.82, 2.24) is 4.72 Å².